The van der Waals surface area contributed by atoms with E-state index in [1.54, 1.807) is 0 Å². The highest BCUT2D eigenvalue weighted by molar-refractivity contribution is 5.69. The molecule has 0 aliphatic rings. The number of hydrogen-bond acceptors (Lipinski definition) is 4. The summed E-state index contributed by atoms with van der Waals surface area (Å²) in [5.74, 6) is -0.418. The number of rotatable bonds is 6. The highest BCUT2D eigenvalue weighted by Crippen LogP contribution is 2.07. The molecule has 0 saturated heterocycles. The molecule has 0 heterocycles. The van der Waals surface area contributed by atoms with Crippen molar-refractivity contribution in [2.75, 3.05) is 7.11 Å². The highest BCUT2D eigenvalue weighted by Gasteiger charge is 2.12. The highest BCUT2D eigenvalue weighted by atomic mass is 16.5. The van der Waals surface area contributed by atoms with E-state index >= 15 is 0 Å². The van der Waals surface area contributed by atoms with Crippen LogP contribution in [-0.2, 0) is 9.53 Å². The van der Waals surface area contributed by atoms with Crippen LogP contribution in [-0.4, -0.2) is 35.5 Å². The molecular formula is C9H18O4. The minimum absolute atomic E-state index is 0.00688. The number of methoxy groups -OCH3 is 1. The molecule has 2 N–H and O–H groups in total. The second-order valence-corrected chi connectivity index (χ2v) is 3.07. The Morgan fingerprint density at radius 3 is 2.31 bits per heavy atom. The largest absolute Gasteiger partial charge is 0.469 e. The van der Waals surface area contributed by atoms with E-state index in [1.807, 2.05) is 6.92 Å². The summed E-state index contributed by atoms with van der Waals surface area (Å²) in [5.41, 5.74) is 0. The maximum Gasteiger partial charge on any atom is 0.308 e. The van der Waals surface area contributed by atoms with E-state index in [2.05, 4.69) is 4.74 Å². The molecule has 0 amide bonds. The Balaban J connectivity index is 3.50. The van der Waals surface area contributed by atoms with Crippen molar-refractivity contribution in [3.05, 3.63) is 0 Å². The molecule has 0 aromatic rings. The van der Waals surface area contributed by atoms with Gasteiger partial charge in [0, 0.05) is 0 Å². The number of esters is 1. The summed E-state index contributed by atoms with van der Waals surface area (Å²) in [4.78, 5) is 10.7. The molecule has 0 saturated carbocycles. The first-order valence-corrected chi connectivity index (χ1v) is 4.53. The van der Waals surface area contributed by atoms with Crippen LogP contribution in [0.4, 0.5) is 0 Å². The van der Waals surface area contributed by atoms with Crippen molar-refractivity contribution >= 4 is 5.97 Å². The minimum Gasteiger partial charge on any atom is -0.469 e. The third kappa shape index (κ3) is 6.54. The average Bonchev–Trinajstić information content (AvgIpc) is 2.13. The monoisotopic (exact) mass is 190 g/mol. The fourth-order valence-corrected chi connectivity index (χ4v) is 0.967. The molecule has 0 fully saturated rings. The molecule has 0 aromatic carbocycles. The van der Waals surface area contributed by atoms with E-state index in [1.165, 1.54) is 7.11 Å². The Bertz CT molecular complexity index is 147. The number of aliphatic hydroxyl groups is 2. The first-order valence-electron chi connectivity index (χ1n) is 4.53. The van der Waals surface area contributed by atoms with Crippen LogP contribution in [0.3, 0.4) is 0 Å². The van der Waals surface area contributed by atoms with Crippen molar-refractivity contribution in [1.29, 1.82) is 0 Å². The molecule has 0 spiro atoms. The topological polar surface area (TPSA) is 66.8 Å². The molecular weight excluding hydrogens is 172 g/mol. The molecule has 0 radical (unpaired) electrons. The van der Waals surface area contributed by atoms with Crippen LogP contribution in [0.25, 0.3) is 0 Å². The molecule has 13 heavy (non-hydrogen) atoms. The van der Waals surface area contributed by atoms with E-state index in [9.17, 15) is 15.0 Å². The quantitative estimate of drug-likeness (QED) is 0.597. The number of hydrogen-bond donors (Lipinski definition) is 2. The van der Waals surface area contributed by atoms with Gasteiger partial charge in [-0.25, -0.2) is 0 Å². The third-order valence-electron chi connectivity index (χ3n) is 1.93. The molecule has 78 valence electrons. The predicted molar refractivity (Wildman–Crippen MR) is 48.2 cm³/mol. The molecule has 0 bridgehead atoms. The Morgan fingerprint density at radius 2 is 1.85 bits per heavy atom. The second-order valence-electron chi connectivity index (χ2n) is 3.07. The van der Waals surface area contributed by atoms with Crippen LogP contribution in [0, 0.1) is 0 Å². The molecule has 2 atom stereocenters. The molecule has 0 aromatic heterocycles. The lowest BCUT2D eigenvalue weighted by Crippen LogP contribution is -2.17. The van der Waals surface area contributed by atoms with Gasteiger partial charge >= 0.3 is 5.97 Å². The Hall–Kier alpha value is -0.610. The zero-order valence-corrected chi connectivity index (χ0v) is 8.19. The summed E-state index contributed by atoms with van der Waals surface area (Å²) in [6, 6.07) is 0. The Labute approximate surface area is 78.5 Å². The zero-order valence-electron chi connectivity index (χ0n) is 8.19. The first kappa shape index (κ1) is 12.4. The van der Waals surface area contributed by atoms with Gasteiger partial charge in [-0.3, -0.25) is 4.79 Å². The lowest BCUT2D eigenvalue weighted by molar-refractivity contribution is -0.142. The summed E-state index contributed by atoms with van der Waals surface area (Å²) in [7, 11) is 1.29. The van der Waals surface area contributed by atoms with E-state index in [-0.39, 0.29) is 12.5 Å². The summed E-state index contributed by atoms with van der Waals surface area (Å²) in [6.45, 7) is 1.87. The minimum atomic E-state index is -0.700. The van der Waals surface area contributed by atoms with Crippen molar-refractivity contribution < 1.29 is 19.7 Å². The molecule has 0 rings (SSSR count). The number of ether oxygens (including phenoxy) is 1. The van der Waals surface area contributed by atoms with Crippen LogP contribution in [0.15, 0.2) is 0 Å². The molecule has 4 heteroatoms. The van der Waals surface area contributed by atoms with Gasteiger partial charge < -0.3 is 14.9 Å². The molecule has 4 nitrogen and oxygen atoms in total. The summed E-state index contributed by atoms with van der Waals surface area (Å²) in [5, 5.41) is 18.5. The Morgan fingerprint density at radius 1 is 1.31 bits per heavy atom. The van der Waals surface area contributed by atoms with Crippen molar-refractivity contribution in [2.24, 2.45) is 0 Å². The van der Waals surface area contributed by atoms with Gasteiger partial charge in [0.1, 0.15) is 0 Å². The van der Waals surface area contributed by atoms with E-state index in [4.69, 9.17) is 0 Å². The number of carbonyl (C=O) groups excluding carboxylic acids is 1. The maximum atomic E-state index is 10.7. The van der Waals surface area contributed by atoms with Crippen LogP contribution in [0.2, 0.25) is 0 Å². The fraction of sp³-hybridized carbons (Fsp3) is 0.889. The number of carbonyl (C=O) groups is 1. The summed E-state index contributed by atoms with van der Waals surface area (Å²) >= 11 is 0. The van der Waals surface area contributed by atoms with Gasteiger partial charge in [-0.05, 0) is 19.3 Å². The van der Waals surface area contributed by atoms with Crippen molar-refractivity contribution in [1.82, 2.24) is 0 Å². The van der Waals surface area contributed by atoms with E-state index in [0.717, 1.165) is 0 Å². The van der Waals surface area contributed by atoms with Gasteiger partial charge in [0.2, 0.25) is 0 Å². The van der Waals surface area contributed by atoms with Crippen LogP contribution in [0.5, 0.6) is 0 Å². The predicted octanol–water partition coefficient (Wildman–Crippen LogP) is 0.461. The SMILES string of the molecule is CCC(O)CCC(O)CC(=O)OC. The molecule has 0 aliphatic carbocycles. The average molecular weight is 190 g/mol. The normalized spacial score (nSPS) is 15.1. The molecule has 0 aliphatic heterocycles. The number of aliphatic hydroxyl groups excluding tert-OH is 2. The zero-order chi connectivity index (χ0) is 10.3. The smallest absolute Gasteiger partial charge is 0.308 e. The van der Waals surface area contributed by atoms with Gasteiger partial charge in [-0.15, -0.1) is 0 Å². The van der Waals surface area contributed by atoms with Crippen molar-refractivity contribution in [2.45, 2.75) is 44.8 Å². The van der Waals surface area contributed by atoms with E-state index in [0.29, 0.717) is 19.3 Å². The third-order valence-corrected chi connectivity index (χ3v) is 1.93. The summed E-state index contributed by atoms with van der Waals surface area (Å²) in [6.07, 6.45) is 0.553. The van der Waals surface area contributed by atoms with Crippen molar-refractivity contribution in [3.8, 4) is 0 Å². The van der Waals surface area contributed by atoms with Gasteiger partial charge in [-0.1, -0.05) is 6.92 Å². The molecule has 2 unspecified atom stereocenters. The first-order chi connectivity index (χ1) is 6.10. The van der Waals surface area contributed by atoms with Gasteiger partial charge in [0.25, 0.3) is 0 Å². The maximum absolute atomic E-state index is 10.7. The van der Waals surface area contributed by atoms with Crippen molar-refractivity contribution in [3.63, 3.8) is 0 Å². The van der Waals surface area contributed by atoms with Gasteiger partial charge in [0.05, 0.1) is 25.7 Å². The fourth-order valence-electron chi connectivity index (χ4n) is 0.967. The van der Waals surface area contributed by atoms with Crippen LogP contribution < -0.4 is 0 Å². The van der Waals surface area contributed by atoms with Gasteiger partial charge in [0.15, 0.2) is 0 Å². The van der Waals surface area contributed by atoms with Crippen LogP contribution in [0.1, 0.15) is 32.6 Å². The lowest BCUT2D eigenvalue weighted by atomic mass is 10.1. The standard InChI is InChI=1S/C9H18O4/c1-3-7(10)4-5-8(11)6-9(12)13-2/h7-8,10-11H,3-6H2,1-2H3. The van der Waals surface area contributed by atoms with Crippen LogP contribution >= 0.6 is 0 Å². The van der Waals surface area contributed by atoms with Gasteiger partial charge in [-0.2, -0.15) is 0 Å². The summed E-state index contributed by atoms with van der Waals surface area (Å²) < 4.78 is 4.39. The van der Waals surface area contributed by atoms with E-state index < -0.39 is 12.1 Å². The lowest BCUT2D eigenvalue weighted by Gasteiger charge is -2.11. The Kier molecular flexibility index (Phi) is 6.54. The second kappa shape index (κ2) is 6.86.